The first-order valence-electron chi connectivity index (χ1n) is 6.62. The van der Waals surface area contributed by atoms with Crippen molar-refractivity contribution in [3.8, 4) is 6.07 Å². The van der Waals surface area contributed by atoms with Crippen molar-refractivity contribution in [1.29, 1.82) is 5.26 Å². The second-order valence-corrected chi connectivity index (χ2v) is 6.60. The molecule has 7 heteroatoms. The molecule has 0 bridgehead atoms. The van der Waals surface area contributed by atoms with E-state index in [1.807, 2.05) is 6.07 Å². The van der Waals surface area contributed by atoms with Crippen molar-refractivity contribution in [2.75, 3.05) is 13.2 Å². The van der Waals surface area contributed by atoms with E-state index in [0.29, 0.717) is 37.2 Å². The second kappa shape index (κ2) is 6.70. The number of nitriles is 1. The normalized spacial score (nSPS) is 16.1. The number of carbonyl (C=O) groups is 1. The molecular weight excluding hydrogens is 292 g/mol. The van der Waals surface area contributed by atoms with Crippen molar-refractivity contribution in [3.63, 3.8) is 0 Å². The van der Waals surface area contributed by atoms with E-state index in [2.05, 4.69) is 4.72 Å². The zero-order valence-electron chi connectivity index (χ0n) is 11.4. The van der Waals surface area contributed by atoms with Crippen LogP contribution in [0.4, 0.5) is 0 Å². The lowest BCUT2D eigenvalue weighted by molar-refractivity contribution is -0.125. The molecule has 21 heavy (non-hydrogen) atoms. The molecule has 0 unspecified atom stereocenters. The standard InChI is InChI=1S/C14H16N2O4S/c15-9-12-3-1-2-4-13(12)10-21(18,19)16-14(17)11-5-7-20-8-6-11/h1-4,11H,5-8,10H2,(H,16,17). The third-order valence-corrected chi connectivity index (χ3v) is 4.53. The van der Waals surface area contributed by atoms with Crippen molar-refractivity contribution in [1.82, 2.24) is 4.72 Å². The summed E-state index contributed by atoms with van der Waals surface area (Å²) in [6.45, 7) is 0.935. The number of benzene rings is 1. The molecular formula is C14H16N2O4S. The fourth-order valence-electron chi connectivity index (χ4n) is 2.19. The van der Waals surface area contributed by atoms with E-state index in [1.165, 1.54) is 0 Å². The van der Waals surface area contributed by atoms with E-state index in [1.54, 1.807) is 24.3 Å². The Kier molecular flexibility index (Phi) is 4.94. The van der Waals surface area contributed by atoms with E-state index < -0.39 is 15.9 Å². The Bertz CT molecular complexity index is 658. The third-order valence-electron chi connectivity index (χ3n) is 3.33. The summed E-state index contributed by atoms with van der Waals surface area (Å²) in [5.41, 5.74) is 0.675. The molecule has 1 aromatic carbocycles. The number of rotatable bonds is 4. The fourth-order valence-corrected chi connectivity index (χ4v) is 3.40. The van der Waals surface area contributed by atoms with Gasteiger partial charge in [-0.1, -0.05) is 18.2 Å². The van der Waals surface area contributed by atoms with Crippen LogP contribution in [0.5, 0.6) is 0 Å². The van der Waals surface area contributed by atoms with Crippen molar-refractivity contribution < 1.29 is 17.9 Å². The van der Waals surface area contributed by atoms with Crippen molar-refractivity contribution >= 4 is 15.9 Å². The number of hydrogen-bond donors (Lipinski definition) is 1. The molecule has 112 valence electrons. The first kappa shape index (κ1) is 15.5. The summed E-state index contributed by atoms with van der Waals surface area (Å²) in [5.74, 6) is -1.21. The molecule has 0 aromatic heterocycles. The minimum Gasteiger partial charge on any atom is -0.381 e. The van der Waals surface area contributed by atoms with Crippen LogP contribution >= 0.6 is 0 Å². The highest BCUT2D eigenvalue weighted by Crippen LogP contribution is 2.16. The average Bonchev–Trinajstić information content (AvgIpc) is 2.47. The SMILES string of the molecule is N#Cc1ccccc1CS(=O)(=O)NC(=O)C1CCOCC1. The minimum absolute atomic E-state index is 0.293. The summed E-state index contributed by atoms with van der Waals surface area (Å²) >= 11 is 0. The van der Waals surface area contributed by atoms with Crippen LogP contribution in [0.1, 0.15) is 24.0 Å². The smallest absolute Gasteiger partial charge is 0.239 e. The number of hydrogen-bond acceptors (Lipinski definition) is 5. The van der Waals surface area contributed by atoms with Gasteiger partial charge in [-0.25, -0.2) is 8.42 Å². The molecule has 1 saturated heterocycles. The molecule has 1 aliphatic heterocycles. The highest BCUT2D eigenvalue weighted by Gasteiger charge is 2.25. The summed E-state index contributed by atoms with van der Waals surface area (Å²) in [5, 5.41) is 8.95. The van der Waals surface area contributed by atoms with Crippen LogP contribution in [0.25, 0.3) is 0 Å². The molecule has 1 fully saturated rings. The van der Waals surface area contributed by atoms with Crippen molar-refractivity contribution in [2.24, 2.45) is 5.92 Å². The van der Waals surface area contributed by atoms with E-state index >= 15 is 0 Å². The molecule has 2 rings (SSSR count). The van der Waals surface area contributed by atoms with Gasteiger partial charge in [0.05, 0.1) is 17.4 Å². The Balaban J connectivity index is 2.05. The lowest BCUT2D eigenvalue weighted by atomic mass is 10.0. The Morgan fingerprint density at radius 2 is 2.00 bits per heavy atom. The van der Waals surface area contributed by atoms with Gasteiger partial charge in [-0.2, -0.15) is 5.26 Å². The minimum atomic E-state index is -3.81. The highest BCUT2D eigenvalue weighted by atomic mass is 32.2. The topological polar surface area (TPSA) is 96.3 Å². The summed E-state index contributed by atoms with van der Waals surface area (Å²) < 4.78 is 31.3. The zero-order valence-corrected chi connectivity index (χ0v) is 12.2. The van der Waals surface area contributed by atoms with Crippen LogP contribution < -0.4 is 4.72 Å². The van der Waals surface area contributed by atoms with Gasteiger partial charge >= 0.3 is 0 Å². The number of carbonyl (C=O) groups excluding carboxylic acids is 1. The van der Waals surface area contributed by atoms with Gasteiger partial charge < -0.3 is 4.74 Å². The Morgan fingerprint density at radius 1 is 1.33 bits per heavy atom. The van der Waals surface area contributed by atoms with E-state index in [9.17, 15) is 13.2 Å². The summed E-state index contributed by atoms with van der Waals surface area (Å²) in [6, 6.07) is 8.37. The molecule has 1 amide bonds. The molecule has 1 N–H and O–H groups in total. The quantitative estimate of drug-likeness (QED) is 0.892. The van der Waals surface area contributed by atoms with Crippen molar-refractivity contribution in [2.45, 2.75) is 18.6 Å². The van der Waals surface area contributed by atoms with Gasteiger partial charge in [-0.15, -0.1) is 0 Å². The van der Waals surface area contributed by atoms with Crippen molar-refractivity contribution in [3.05, 3.63) is 35.4 Å². The first-order valence-corrected chi connectivity index (χ1v) is 8.27. The highest BCUT2D eigenvalue weighted by molar-refractivity contribution is 7.89. The molecule has 1 aliphatic rings. The van der Waals surface area contributed by atoms with Gasteiger partial charge in [0.25, 0.3) is 0 Å². The van der Waals surface area contributed by atoms with Crippen LogP contribution in [0.15, 0.2) is 24.3 Å². The summed E-state index contributed by atoms with van der Waals surface area (Å²) in [6.07, 6.45) is 1.05. The lowest BCUT2D eigenvalue weighted by Gasteiger charge is -2.21. The molecule has 1 aromatic rings. The molecule has 1 heterocycles. The maximum atomic E-state index is 12.0. The second-order valence-electron chi connectivity index (χ2n) is 4.88. The van der Waals surface area contributed by atoms with E-state index in [4.69, 9.17) is 10.00 Å². The Morgan fingerprint density at radius 3 is 2.67 bits per heavy atom. The Labute approximate surface area is 123 Å². The van der Waals surface area contributed by atoms with Gasteiger partial charge in [0.2, 0.25) is 15.9 Å². The Hall–Kier alpha value is -1.91. The van der Waals surface area contributed by atoms with Crippen LogP contribution in [0.2, 0.25) is 0 Å². The van der Waals surface area contributed by atoms with Crippen LogP contribution in [0.3, 0.4) is 0 Å². The van der Waals surface area contributed by atoms with Crippen LogP contribution in [-0.2, 0) is 25.3 Å². The van der Waals surface area contributed by atoms with Gasteiger partial charge in [0.15, 0.2) is 0 Å². The zero-order chi connectivity index (χ0) is 15.3. The number of sulfonamides is 1. The monoisotopic (exact) mass is 308 g/mol. The predicted molar refractivity (Wildman–Crippen MR) is 75.5 cm³/mol. The van der Waals surface area contributed by atoms with Gasteiger partial charge in [-0.05, 0) is 24.5 Å². The number of amides is 1. The lowest BCUT2D eigenvalue weighted by Crippen LogP contribution is -2.38. The predicted octanol–water partition coefficient (Wildman–Crippen LogP) is 0.931. The maximum absolute atomic E-state index is 12.0. The molecule has 0 spiro atoms. The summed E-state index contributed by atoms with van der Waals surface area (Å²) in [4.78, 5) is 11.9. The average molecular weight is 308 g/mol. The number of ether oxygens (including phenoxy) is 1. The molecule has 6 nitrogen and oxygen atoms in total. The fraction of sp³-hybridized carbons (Fsp3) is 0.429. The van der Waals surface area contributed by atoms with Crippen LogP contribution in [0, 0.1) is 17.2 Å². The maximum Gasteiger partial charge on any atom is 0.239 e. The van der Waals surface area contributed by atoms with Gasteiger partial charge in [0, 0.05) is 19.1 Å². The van der Waals surface area contributed by atoms with Gasteiger partial charge in [-0.3, -0.25) is 9.52 Å². The molecule has 0 radical (unpaired) electrons. The third kappa shape index (κ3) is 4.28. The van der Waals surface area contributed by atoms with E-state index in [0.717, 1.165) is 0 Å². The van der Waals surface area contributed by atoms with Gasteiger partial charge in [0.1, 0.15) is 0 Å². The largest absolute Gasteiger partial charge is 0.381 e. The number of nitrogens with one attached hydrogen (secondary N) is 1. The van der Waals surface area contributed by atoms with Crippen LogP contribution in [-0.4, -0.2) is 27.5 Å². The first-order chi connectivity index (χ1) is 10.0. The summed E-state index contributed by atoms with van der Waals surface area (Å²) in [7, 11) is -3.81. The molecule has 0 atom stereocenters. The molecule has 0 aliphatic carbocycles. The molecule has 0 saturated carbocycles. The number of nitrogens with zero attached hydrogens (tertiary/aromatic N) is 1. The van der Waals surface area contributed by atoms with E-state index in [-0.39, 0.29) is 11.7 Å².